The van der Waals surface area contributed by atoms with Gasteiger partial charge >= 0.3 is 0 Å². The number of benzene rings is 4. The first-order valence-electron chi connectivity index (χ1n) is 11.6. The summed E-state index contributed by atoms with van der Waals surface area (Å²) in [5, 5.41) is 20.6. The van der Waals surface area contributed by atoms with E-state index in [-0.39, 0.29) is 33.5 Å². The zero-order valence-corrected chi connectivity index (χ0v) is 22.9. The lowest BCUT2D eigenvalue weighted by Crippen LogP contribution is -2.32. The fraction of sp³-hybridized carbons (Fsp3) is 0.107. The summed E-state index contributed by atoms with van der Waals surface area (Å²) in [4.78, 5) is 14.5. The molecule has 0 radical (unpaired) electrons. The highest BCUT2D eigenvalue weighted by molar-refractivity contribution is 7.92. The number of likely N-dealkylation sites (N-methyl/N-ethyl adjacent to an activating group) is 1. The Balaban J connectivity index is 1.51. The number of halogens is 2. The molecule has 1 atom stereocenters. The number of phenolic OH excluding ortho intramolecular Hbond substituents is 1. The SMILES string of the molecule is CN(C[C@H](O)c1ccc(O)cc1)C(=O)c1cc(Cl)ccc1NS(=O)(=O)c1ccc(Oc2ccccc2Cl)cc1. The van der Waals surface area contributed by atoms with E-state index in [2.05, 4.69) is 4.72 Å². The summed E-state index contributed by atoms with van der Waals surface area (Å²) >= 11 is 12.2. The van der Waals surface area contributed by atoms with E-state index in [0.717, 1.165) is 0 Å². The maximum Gasteiger partial charge on any atom is 0.261 e. The molecule has 0 saturated carbocycles. The van der Waals surface area contributed by atoms with E-state index >= 15 is 0 Å². The number of aliphatic hydroxyl groups excluding tert-OH is 1. The first kappa shape index (κ1) is 28.3. The largest absolute Gasteiger partial charge is 0.508 e. The molecule has 0 heterocycles. The standard InChI is InChI=1S/C28H24Cl2N2O6S/c1-32(17-26(34)18-6-9-20(33)10-7-18)28(35)23-16-19(29)8-15-25(23)31-39(36,37)22-13-11-21(12-14-22)38-27-5-3-2-4-24(27)30/h2-16,26,31,33-34H,17H2,1H3/t26-/m0/s1. The Kier molecular flexibility index (Phi) is 8.66. The number of rotatable bonds is 9. The van der Waals surface area contributed by atoms with Crippen molar-refractivity contribution in [1.29, 1.82) is 0 Å². The summed E-state index contributed by atoms with van der Waals surface area (Å²) in [5.41, 5.74) is 0.526. The third-order valence-electron chi connectivity index (χ3n) is 5.73. The highest BCUT2D eigenvalue weighted by Crippen LogP contribution is 2.30. The van der Waals surface area contributed by atoms with Gasteiger partial charge in [-0.3, -0.25) is 9.52 Å². The minimum Gasteiger partial charge on any atom is -0.508 e. The lowest BCUT2D eigenvalue weighted by atomic mass is 10.1. The van der Waals surface area contributed by atoms with Crippen molar-refractivity contribution in [2.24, 2.45) is 0 Å². The van der Waals surface area contributed by atoms with Crippen molar-refractivity contribution in [2.45, 2.75) is 11.0 Å². The number of sulfonamides is 1. The summed E-state index contributed by atoms with van der Waals surface area (Å²) in [6, 6.07) is 22.8. The monoisotopic (exact) mass is 586 g/mol. The molecule has 0 saturated heterocycles. The molecule has 0 fully saturated rings. The Morgan fingerprint density at radius 2 is 1.64 bits per heavy atom. The lowest BCUT2D eigenvalue weighted by Gasteiger charge is -2.23. The van der Waals surface area contributed by atoms with Gasteiger partial charge in [0.1, 0.15) is 17.2 Å². The molecular formula is C28H24Cl2N2O6S. The normalized spacial score (nSPS) is 12.0. The molecule has 0 spiro atoms. The van der Waals surface area contributed by atoms with E-state index in [0.29, 0.717) is 22.1 Å². The fourth-order valence-corrected chi connectivity index (χ4v) is 5.10. The van der Waals surface area contributed by atoms with Crippen molar-refractivity contribution >= 4 is 44.8 Å². The Morgan fingerprint density at radius 3 is 2.31 bits per heavy atom. The number of amides is 1. The number of ether oxygens (including phenoxy) is 1. The molecule has 8 nitrogen and oxygen atoms in total. The first-order chi connectivity index (χ1) is 18.5. The Bertz CT molecular complexity index is 1580. The first-order valence-corrected chi connectivity index (χ1v) is 13.8. The van der Waals surface area contributed by atoms with Gasteiger partial charge in [0.25, 0.3) is 15.9 Å². The second-order valence-corrected chi connectivity index (χ2v) is 11.1. The van der Waals surface area contributed by atoms with Crippen LogP contribution in [0.15, 0.2) is 95.9 Å². The van der Waals surface area contributed by atoms with Crippen LogP contribution in [0.1, 0.15) is 22.0 Å². The second kappa shape index (κ2) is 12.0. The predicted octanol–water partition coefficient (Wildman–Crippen LogP) is 6.10. The maximum absolute atomic E-state index is 13.3. The average Bonchev–Trinajstić information content (AvgIpc) is 2.91. The van der Waals surface area contributed by atoms with Gasteiger partial charge in [0.2, 0.25) is 0 Å². The van der Waals surface area contributed by atoms with E-state index in [1.165, 1.54) is 66.5 Å². The quantitative estimate of drug-likeness (QED) is 0.218. The zero-order valence-electron chi connectivity index (χ0n) is 20.6. The zero-order chi connectivity index (χ0) is 28.2. The molecule has 0 unspecified atom stereocenters. The lowest BCUT2D eigenvalue weighted by molar-refractivity contribution is 0.0682. The number of hydrogen-bond donors (Lipinski definition) is 3. The summed E-state index contributed by atoms with van der Waals surface area (Å²) in [6.45, 7) is -0.0881. The van der Waals surface area contributed by atoms with E-state index in [1.54, 1.807) is 36.4 Å². The number of aliphatic hydroxyl groups is 1. The van der Waals surface area contributed by atoms with Crippen LogP contribution in [0, 0.1) is 0 Å². The van der Waals surface area contributed by atoms with Gasteiger partial charge in [0.05, 0.1) is 33.8 Å². The van der Waals surface area contributed by atoms with Crippen molar-refractivity contribution in [3.05, 3.63) is 112 Å². The molecule has 1 amide bonds. The molecule has 0 aromatic heterocycles. The minimum absolute atomic E-state index is 0.00477. The third-order valence-corrected chi connectivity index (χ3v) is 7.65. The van der Waals surface area contributed by atoms with Crippen LogP contribution >= 0.6 is 23.2 Å². The molecule has 0 aliphatic heterocycles. The number of anilines is 1. The molecule has 0 aliphatic rings. The smallest absolute Gasteiger partial charge is 0.261 e. The van der Waals surface area contributed by atoms with Crippen LogP contribution in [0.5, 0.6) is 17.2 Å². The molecule has 3 N–H and O–H groups in total. The summed E-state index contributed by atoms with van der Waals surface area (Å²) < 4.78 is 34.5. The van der Waals surface area contributed by atoms with Crippen LogP contribution in [-0.2, 0) is 10.0 Å². The number of aromatic hydroxyl groups is 1. The molecule has 0 aliphatic carbocycles. The van der Waals surface area contributed by atoms with Crippen LogP contribution in [0.25, 0.3) is 0 Å². The van der Waals surface area contributed by atoms with Gasteiger partial charge in [0, 0.05) is 12.1 Å². The van der Waals surface area contributed by atoms with Gasteiger partial charge in [-0.15, -0.1) is 0 Å². The number of para-hydroxylation sites is 1. The van der Waals surface area contributed by atoms with Crippen LogP contribution in [0.2, 0.25) is 10.0 Å². The van der Waals surface area contributed by atoms with Crippen molar-refractivity contribution in [3.63, 3.8) is 0 Å². The van der Waals surface area contributed by atoms with Crippen molar-refractivity contribution in [1.82, 2.24) is 4.90 Å². The molecule has 202 valence electrons. The molecule has 39 heavy (non-hydrogen) atoms. The number of carbonyl (C=O) groups is 1. The van der Waals surface area contributed by atoms with Crippen LogP contribution in [0.4, 0.5) is 5.69 Å². The van der Waals surface area contributed by atoms with Crippen LogP contribution in [0.3, 0.4) is 0 Å². The van der Waals surface area contributed by atoms with Crippen LogP contribution < -0.4 is 9.46 Å². The average molecular weight is 587 g/mol. The topological polar surface area (TPSA) is 116 Å². The number of carbonyl (C=O) groups excluding carboxylic acids is 1. The van der Waals surface area contributed by atoms with Gasteiger partial charge in [-0.25, -0.2) is 8.42 Å². The van der Waals surface area contributed by atoms with E-state index in [9.17, 15) is 23.4 Å². The predicted molar refractivity (Wildman–Crippen MR) is 150 cm³/mol. The number of nitrogens with zero attached hydrogens (tertiary/aromatic N) is 1. The van der Waals surface area contributed by atoms with Crippen LogP contribution in [-0.4, -0.2) is 43.0 Å². The fourth-order valence-electron chi connectivity index (χ4n) is 3.68. The Morgan fingerprint density at radius 1 is 0.974 bits per heavy atom. The molecule has 4 aromatic rings. The Hall–Kier alpha value is -3.76. The van der Waals surface area contributed by atoms with E-state index in [4.69, 9.17) is 27.9 Å². The van der Waals surface area contributed by atoms with Crippen molar-refractivity contribution in [2.75, 3.05) is 18.3 Å². The third kappa shape index (κ3) is 7.01. The summed E-state index contributed by atoms with van der Waals surface area (Å²) in [5.74, 6) is 0.306. The number of hydrogen-bond acceptors (Lipinski definition) is 6. The summed E-state index contributed by atoms with van der Waals surface area (Å²) in [6.07, 6.45) is -1.04. The van der Waals surface area contributed by atoms with E-state index in [1.807, 2.05) is 0 Å². The molecular weight excluding hydrogens is 563 g/mol. The molecule has 4 rings (SSSR count). The summed E-state index contributed by atoms with van der Waals surface area (Å²) in [7, 11) is -2.62. The van der Waals surface area contributed by atoms with Gasteiger partial charge in [0.15, 0.2) is 0 Å². The van der Waals surface area contributed by atoms with Gasteiger partial charge < -0.3 is 19.8 Å². The Labute approximate surface area is 236 Å². The number of phenols is 1. The molecule has 11 heteroatoms. The van der Waals surface area contributed by atoms with E-state index < -0.39 is 22.0 Å². The molecule has 4 aromatic carbocycles. The van der Waals surface area contributed by atoms with Gasteiger partial charge in [-0.1, -0.05) is 47.5 Å². The van der Waals surface area contributed by atoms with Gasteiger partial charge in [-0.2, -0.15) is 0 Å². The maximum atomic E-state index is 13.3. The van der Waals surface area contributed by atoms with Crippen molar-refractivity contribution < 1.29 is 28.2 Å². The minimum atomic E-state index is -4.09. The van der Waals surface area contributed by atoms with Gasteiger partial charge in [-0.05, 0) is 72.3 Å². The second-order valence-electron chi connectivity index (χ2n) is 8.59. The highest BCUT2D eigenvalue weighted by atomic mass is 35.5. The number of nitrogens with one attached hydrogen (secondary N) is 1. The highest BCUT2D eigenvalue weighted by Gasteiger charge is 2.23. The van der Waals surface area contributed by atoms with Crippen molar-refractivity contribution in [3.8, 4) is 17.2 Å². The molecule has 0 bridgehead atoms.